The highest BCUT2D eigenvalue weighted by molar-refractivity contribution is 14.1. The van der Waals surface area contributed by atoms with E-state index in [0.29, 0.717) is 17.4 Å². The third kappa shape index (κ3) is 3.88. The molecule has 2 rings (SSSR count). The molecule has 110 valence electrons. The molecule has 1 N–H and O–H groups in total. The SMILES string of the molecule is Cc1ccc(Nc2cc(Cl)nnc2C(=O)I)nc1C(C)C. The number of nitrogens with one attached hydrogen (secondary N) is 1. The summed E-state index contributed by atoms with van der Waals surface area (Å²) < 4.78 is -0.213. The summed E-state index contributed by atoms with van der Waals surface area (Å²) >= 11 is 7.51. The minimum absolute atomic E-state index is 0.213. The average Bonchev–Trinajstić information content (AvgIpc) is 2.40. The Hall–Kier alpha value is -1.28. The zero-order chi connectivity index (χ0) is 15.6. The van der Waals surface area contributed by atoms with Gasteiger partial charge in [-0.1, -0.05) is 31.5 Å². The Morgan fingerprint density at radius 2 is 2.05 bits per heavy atom. The van der Waals surface area contributed by atoms with Crippen molar-refractivity contribution in [3.63, 3.8) is 0 Å². The van der Waals surface area contributed by atoms with Gasteiger partial charge in [-0.15, -0.1) is 10.2 Å². The number of carbonyl (C=O) groups excluding carboxylic acids is 1. The Kier molecular flexibility index (Phi) is 5.10. The molecule has 0 amide bonds. The Labute approximate surface area is 141 Å². The number of aromatic nitrogens is 3. The van der Waals surface area contributed by atoms with Crippen LogP contribution in [0.3, 0.4) is 0 Å². The molecular formula is C14H14ClIN4O. The van der Waals surface area contributed by atoms with Crippen molar-refractivity contribution in [2.45, 2.75) is 26.7 Å². The number of hydrogen-bond acceptors (Lipinski definition) is 5. The lowest BCUT2D eigenvalue weighted by atomic mass is 10.1. The molecule has 0 saturated carbocycles. The third-order valence-corrected chi connectivity index (χ3v) is 3.59. The van der Waals surface area contributed by atoms with Gasteiger partial charge in [0, 0.05) is 34.4 Å². The number of aryl methyl sites for hydroxylation is 1. The summed E-state index contributed by atoms with van der Waals surface area (Å²) in [6.07, 6.45) is 0. The van der Waals surface area contributed by atoms with E-state index < -0.39 is 0 Å². The molecule has 0 radical (unpaired) electrons. The van der Waals surface area contributed by atoms with E-state index in [0.717, 1.165) is 11.3 Å². The number of halogens is 2. The van der Waals surface area contributed by atoms with Crippen LogP contribution in [0.1, 0.15) is 41.5 Å². The number of rotatable bonds is 4. The molecule has 0 aliphatic heterocycles. The number of nitrogens with zero attached hydrogens (tertiary/aromatic N) is 3. The molecule has 0 bridgehead atoms. The van der Waals surface area contributed by atoms with Gasteiger partial charge in [0.1, 0.15) is 5.82 Å². The maximum atomic E-state index is 11.6. The molecule has 0 saturated heterocycles. The van der Waals surface area contributed by atoms with Gasteiger partial charge in [0.15, 0.2) is 10.8 Å². The van der Waals surface area contributed by atoms with Crippen LogP contribution in [0.15, 0.2) is 18.2 Å². The highest BCUT2D eigenvalue weighted by atomic mass is 127. The molecular weight excluding hydrogens is 403 g/mol. The second-order valence-electron chi connectivity index (χ2n) is 4.88. The number of hydrogen-bond donors (Lipinski definition) is 1. The van der Waals surface area contributed by atoms with Crippen LogP contribution in [-0.4, -0.2) is 19.0 Å². The topological polar surface area (TPSA) is 67.8 Å². The Morgan fingerprint density at radius 1 is 1.33 bits per heavy atom. The summed E-state index contributed by atoms with van der Waals surface area (Å²) in [5, 5.41) is 10.8. The summed E-state index contributed by atoms with van der Waals surface area (Å²) in [7, 11) is 0. The molecule has 7 heteroatoms. The van der Waals surface area contributed by atoms with Gasteiger partial charge in [0.05, 0.1) is 5.69 Å². The number of anilines is 2. The van der Waals surface area contributed by atoms with Crippen LogP contribution in [0, 0.1) is 6.92 Å². The Balaban J connectivity index is 2.40. The summed E-state index contributed by atoms with van der Waals surface area (Å²) in [6.45, 7) is 6.20. The standard InChI is InChI=1S/C14H14ClIN4O/c1-7(2)12-8(3)4-5-11(18-12)17-9-6-10(15)19-20-13(9)14(16)21/h4-7H,1-3H3,(H,17,18,19). The first kappa shape index (κ1) is 16.1. The normalized spacial score (nSPS) is 10.8. The van der Waals surface area contributed by atoms with E-state index in [1.165, 1.54) is 0 Å². The molecule has 0 unspecified atom stereocenters. The first-order valence-corrected chi connectivity index (χ1v) is 7.81. The van der Waals surface area contributed by atoms with Gasteiger partial charge in [-0.2, -0.15) is 0 Å². The molecule has 0 spiro atoms. The Bertz CT molecular complexity index is 691. The van der Waals surface area contributed by atoms with Gasteiger partial charge in [0.25, 0.3) is 0 Å². The molecule has 21 heavy (non-hydrogen) atoms. The van der Waals surface area contributed by atoms with Gasteiger partial charge < -0.3 is 5.32 Å². The second-order valence-corrected chi connectivity index (χ2v) is 6.25. The molecule has 0 atom stereocenters. The van der Waals surface area contributed by atoms with Crippen molar-refractivity contribution >= 4 is 49.5 Å². The predicted molar refractivity (Wildman–Crippen MR) is 91.7 cm³/mol. The minimum Gasteiger partial charge on any atom is -0.338 e. The average molecular weight is 417 g/mol. The molecule has 2 aromatic rings. The van der Waals surface area contributed by atoms with Crippen LogP contribution >= 0.6 is 34.2 Å². The van der Waals surface area contributed by atoms with Crippen molar-refractivity contribution in [3.8, 4) is 0 Å². The van der Waals surface area contributed by atoms with Crippen molar-refractivity contribution in [3.05, 3.63) is 40.3 Å². The zero-order valence-corrected chi connectivity index (χ0v) is 14.7. The van der Waals surface area contributed by atoms with E-state index in [2.05, 4.69) is 34.3 Å². The van der Waals surface area contributed by atoms with Crippen LogP contribution in [0.4, 0.5) is 11.5 Å². The van der Waals surface area contributed by atoms with Crippen molar-refractivity contribution in [2.75, 3.05) is 5.32 Å². The van der Waals surface area contributed by atoms with Crippen molar-refractivity contribution in [1.82, 2.24) is 15.2 Å². The van der Waals surface area contributed by atoms with E-state index in [-0.39, 0.29) is 14.6 Å². The smallest absolute Gasteiger partial charge is 0.244 e. The first-order valence-electron chi connectivity index (χ1n) is 6.36. The van der Waals surface area contributed by atoms with Crippen LogP contribution in [0.5, 0.6) is 0 Å². The number of carbonyl (C=O) groups is 1. The third-order valence-electron chi connectivity index (χ3n) is 2.90. The fraction of sp³-hybridized carbons (Fsp3) is 0.286. The fourth-order valence-corrected chi connectivity index (χ4v) is 2.49. The molecule has 2 heterocycles. The van der Waals surface area contributed by atoms with Gasteiger partial charge in [-0.3, -0.25) is 4.79 Å². The summed E-state index contributed by atoms with van der Waals surface area (Å²) in [4.78, 5) is 16.2. The molecule has 2 aromatic heterocycles. The molecule has 0 aromatic carbocycles. The zero-order valence-electron chi connectivity index (χ0n) is 11.8. The van der Waals surface area contributed by atoms with Crippen molar-refractivity contribution < 1.29 is 4.79 Å². The van der Waals surface area contributed by atoms with Crippen LogP contribution in [0.2, 0.25) is 5.15 Å². The monoisotopic (exact) mass is 416 g/mol. The lowest BCUT2D eigenvalue weighted by Gasteiger charge is -2.13. The van der Waals surface area contributed by atoms with E-state index in [9.17, 15) is 4.79 Å². The number of pyridine rings is 1. The molecule has 0 aliphatic rings. The second kappa shape index (κ2) is 6.65. The highest BCUT2D eigenvalue weighted by Gasteiger charge is 2.14. The largest absolute Gasteiger partial charge is 0.338 e. The minimum atomic E-state index is -0.213. The maximum Gasteiger partial charge on any atom is 0.244 e. The van der Waals surface area contributed by atoms with Gasteiger partial charge in [0.2, 0.25) is 3.79 Å². The van der Waals surface area contributed by atoms with E-state index in [1.54, 1.807) is 28.7 Å². The quantitative estimate of drug-likeness (QED) is 0.595. The maximum absolute atomic E-state index is 11.6. The molecule has 0 aliphatic carbocycles. The lowest BCUT2D eigenvalue weighted by Crippen LogP contribution is -2.06. The van der Waals surface area contributed by atoms with E-state index >= 15 is 0 Å². The highest BCUT2D eigenvalue weighted by Crippen LogP contribution is 2.25. The lowest BCUT2D eigenvalue weighted by molar-refractivity contribution is 0.110. The summed E-state index contributed by atoms with van der Waals surface area (Å²) in [5.74, 6) is 0.962. The fourth-order valence-electron chi connectivity index (χ4n) is 1.95. The van der Waals surface area contributed by atoms with Crippen LogP contribution in [-0.2, 0) is 0 Å². The van der Waals surface area contributed by atoms with E-state index in [1.807, 2.05) is 19.1 Å². The first-order chi connectivity index (χ1) is 9.88. The van der Waals surface area contributed by atoms with Gasteiger partial charge in [-0.05, 0) is 24.5 Å². The summed E-state index contributed by atoms with van der Waals surface area (Å²) in [5.41, 5.74) is 2.87. The van der Waals surface area contributed by atoms with Gasteiger partial charge in [-0.25, -0.2) is 4.98 Å². The molecule has 5 nitrogen and oxygen atoms in total. The molecule has 0 fully saturated rings. The van der Waals surface area contributed by atoms with E-state index in [4.69, 9.17) is 11.6 Å². The summed E-state index contributed by atoms with van der Waals surface area (Å²) in [6, 6.07) is 5.42. The van der Waals surface area contributed by atoms with Crippen LogP contribution in [0.25, 0.3) is 0 Å². The predicted octanol–water partition coefficient (Wildman–Crippen LogP) is 4.28. The van der Waals surface area contributed by atoms with Crippen LogP contribution < -0.4 is 5.32 Å². The Morgan fingerprint density at radius 3 is 2.67 bits per heavy atom. The van der Waals surface area contributed by atoms with Crippen molar-refractivity contribution in [2.24, 2.45) is 0 Å². The van der Waals surface area contributed by atoms with Gasteiger partial charge >= 0.3 is 0 Å². The van der Waals surface area contributed by atoms with Crippen molar-refractivity contribution in [1.29, 1.82) is 0 Å².